The number of benzene rings is 2. The SMILES string of the molecule is CN(C)C(=O)c1nc(-c2ccc(F)cc2)c2n1-c1ccccc1NC2(C)C. The van der Waals surface area contributed by atoms with E-state index in [1.54, 1.807) is 26.2 Å². The van der Waals surface area contributed by atoms with E-state index in [1.165, 1.54) is 17.0 Å². The zero-order valence-electron chi connectivity index (χ0n) is 15.7. The number of hydrogen-bond donors (Lipinski definition) is 1. The second-order valence-electron chi connectivity index (χ2n) is 7.44. The Bertz CT molecular complexity index is 1030. The molecule has 0 fully saturated rings. The van der Waals surface area contributed by atoms with Gasteiger partial charge in [-0.1, -0.05) is 12.1 Å². The Morgan fingerprint density at radius 1 is 1.11 bits per heavy atom. The predicted molar refractivity (Wildman–Crippen MR) is 104 cm³/mol. The number of amides is 1. The van der Waals surface area contributed by atoms with Gasteiger partial charge in [0.25, 0.3) is 5.91 Å². The zero-order valence-corrected chi connectivity index (χ0v) is 15.7. The smallest absolute Gasteiger partial charge is 0.289 e. The van der Waals surface area contributed by atoms with E-state index in [0.717, 1.165) is 22.6 Å². The molecule has 6 heteroatoms. The van der Waals surface area contributed by atoms with E-state index in [9.17, 15) is 9.18 Å². The normalized spacial score (nSPS) is 14.1. The number of para-hydroxylation sites is 2. The highest BCUT2D eigenvalue weighted by atomic mass is 19.1. The Balaban J connectivity index is 2.07. The molecule has 2 heterocycles. The van der Waals surface area contributed by atoms with Crippen molar-refractivity contribution in [3.8, 4) is 16.9 Å². The monoisotopic (exact) mass is 364 g/mol. The maximum atomic E-state index is 13.4. The van der Waals surface area contributed by atoms with Crippen molar-refractivity contribution in [2.24, 2.45) is 0 Å². The summed E-state index contributed by atoms with van der Waals surface area (Å²) in [5.41, 5.74) is 3.65. The van der Waals surface area contributed by atoms with Crippen LogP contribution in [0.3, 0.4) is 0 Å². The van der Waals surface area contributed by atoms with Gasteiger partial charge in [-0.15, -0.1) is 0 Å². The van der Waals surface area contributed by atoms with E-state index in [0.29, 0.717) is 11.5 Å². The summed E-state index contributed by atoms with van der Waals surface area (Å²) >= 11 is 0. The van der Waals surface area contributed by atoms with Crippen molar-refractivity contribution in [1.82, 2.24) is 14.5 Å². The average molecular weight is 364 g/mol. The molecule has 0 aliphatic carbocycles. The third-order valence-corrected chi connectivity index (χ3v) is 4.78. The number of carbonyl (C=O) groups is 1. The molecule has 27 heavy (non-hydrogen) atoms. The molecule has 4 rings (SSSR count). The van der Waals surface area contributed by atoms with Crippen LogP contribution in [0.1, 0.15) is 30.2 Å². The van der Waals surface area contributed by atoms with Crippen LogP contribution in [-0.2, 0) is 5.54 Å². The van der Waals surface area contributed by atoms with Crippen LogP contribution in [0.25, 0.3) is 16.9 Å². The molecule has 0 bridgehead atoms. The van der Waals surface area contributed by atoms with Crippen molar-refractivity contribution >= 4 is 11.6 Å². The summed E-state index contributed by atoms with van der Waals surface area (Å²) in [6, 6.07) is 14.0. The molecule has 0 spiro atoms. The summed E-state index contributed by atoms with van der Waals surface area (Å²) in [6.07, 6.45) is 0. The van der Waals surface area contributed by atoms with Crippen LogP contribution < -0.4 is 5.32 Å². The van der Waals surface area contributed by atoms with Gasteiger partial charge in [0.15, 0.2) is 0 Å². The highest BCUT2D eigenvalue weighted by Gasteiger charge is 2.38. The molecule has 138 valence electrons. The number of imidazole rings is 1. The highest BCUT2D eigenvalue weighted by molar-refractivity contribution is 5.93. The van der Waals surface area contributed by atoms with Crippen LogP contribution in [0.5, 0.6) is 0 Å². The number of fused-ring (bicyclic) bond motifs is 3. The topological polar surface area (TPSA) is 50.2 Å². The summed E-state index contributed by atoms with van der Waals surface area (Å²) in [5.74, 6) is -0.146. The van der Waals surface area contributed by atoms with Gasteiger partial charge in [0.1, 0.15) is 5.82 Å². The van der Waals surface area contributed by atoms with Crippen molar-refractivity contribution in [2.45, 2.75) is 19.4 Å². The van der Waals surface area contributed by atoms with Crippen LogP contribution in [0.2, 0.25) is 0 Å². The maximum absolute atomic E-state index is 13.4. The molecule has 0 atom stereocenters. The number of nitrogens with zero attached hydrogens (tertiary/aromatic N) is 3. The molecule has 3 aromatic rings. The first-order valence-electron chi connectivity index (χ1n) is 8.78. The van der Waals surface area contributed by atoms with E-state index in [1.807, 2.05) is 42.7 Å². The lowest BCUT2D eigenvalue weighted by molar-refractivity contribution is 0.0813. The minimum atomic E-state index is -0.476. The average Bonchev–Trinajstić information content (AvgIpc) is 3.03. The van der Waals surface area contributed by atoms with Gasteiger partial charge < -0.3 is 10.2 Å². The lowest BCUT2D eigenvalue weighted by atomic mass is 9.92. The molecule has 1 amide bonds. The van der Waals surface area contributed by atoms with Crippen molar-refractivity contribution in [2.75, 3.05) is 19.4 Å². The quantitative estimate of drug-likeness (QED) is 0.747. The molecule has 1 N–H and O–H groups in total. The van der Waals surface area contributed by atoms with Gasteiger partial charge >= 0.3 is 0 Å². The first-order valence-corrected chi connectivity index (χ1v) is 8.78. The summed E-state index contributed by atoms with van der Waals surface area (Å²) < 4.78 is 15.4. The van der Waals surface area contributed by atoms with Crippen LogP contribution in [-0.4, -0.2) is 34.5 Å². The van der Waals surface area contributed by atoms with Crippen LogP contribution in [0.4, 0.5) is 10.1 Å². The van der Waals surface area contributed by atoms with Crippen LogP contribution in [0, 0.1) is 5.82 Å². The van der Waals surface area contributed by atoms with Gasteiger partial charge in [-0.05, 0) is 50.2 Å². The fraction of sp³-hybridized carbons (Fsp3) is 0.238. The van der Waals surface area contributed by atoms with E-state index in [-0.39, 0.29) is 11.7 Å². The summed E-state index contributed by atoms with van der Waals surface area (Å²) in [6.45, 7) is 4.10. The Kier molecular flexibility index (Phi) is 3.80. The van der Waals surface area contributed by atoms with E-state index < -0.39 is 5.54 Å². The largest absolute Gasteiger partial charge is 0.373 e. The fourth-order valence-electron chi connectivity index (χ4n) is 3.55. The van der Waals surface area contributed by atoms with E-state index in [2.05, 4.69) is 5.32 Å². The Morgan fingerprint density at radius 2 is 1.78 bits per heavy atom. The molecular formula is C21H21FN4O. The van der Waals surface area contributed by atoms with Crippen molar-refractivity contribution in [1.29, 1.82) is 0 Å². The minimum Gasteiger partial charge on any atom is -0.373 e. The molecule has 0 saturated carbocycles. The summed E-state index contributed by atoms with van der Waals surface area (Å²) in [4.78, 5) is 19.1. The van der Waals surface area contributed by atoms with Crippen molar-refractivity contribution < 1.29 is 9.18 Å². The number of aromatic nitrogens is 2. The summed E-state index contributed by atoms with van der Waals surface area (Å²) in [5, 5.41) is 3.54. The van der Waals surface area contributed by atoms with Gasteiger partial charge in [0, 0.05) is 19.7 Å². The fourth-order valence-corrected chi connectivity index (χ4v) is 3.55. The van der Waals surface area contributed by atoms with Crippen LogP contribution >= 0.6 is 0 Å². The predicted octanol–water partition coefficient (Wildman–Crippen LogP) is 4.04. The third kappa shape index (κ3) is 2.68. The lowest BCUT2D eigenvalue weighted by Crippen LogP contribution is -2.36. The number of nitrogens with one attached hydrogen (secondary N) is 1. The molecular weight excluding hydrogens is 343 g/mol. The Hall–Kier alpha value is -3.15. The molecule has 0 radical (unpaired) electrons. The Labute approximate surface area is 157 Å². The number of anilines is 1. The third-order valence-electron chi connectivity index (χ3n) is 4.78. The highest BCUT2D eigenvalue weighted by Crippen LogP contribution is 2.42. The Morgan fingerprint density at radius 3 is 2.44 bits per heavy atom. The maximum Gasteiger partial charge on any atom is 0.289 e. The van der Waals surface area contributed by atoms with E-state index >= 15 is 0 Å². The van der Waals surface area contributed by atoms with Gasteiger partial charge in [0.05, 0.1) is 28.3 Å². The first-order chi connectivity index (χ1) is 12.8. The second-order valence-corrected chi connectivity index (χ2v) is 7.44. The molecule has 1 aliphatic rings. The minimum absolute atomic E-state index is 0.183. The van der Waals surface area contributed by atoms with Gasteiger partial charge in [0.2, 0.25) is 5.82 Å². The molecule has 2 aromatic carbocycles. The van der Waals surface area contributed by atoms with Gasteiger partial charge in [-0.3, -0.25) is 9.36 Å². The van der Waals surface area contributed by atoms with Crippen molar-refractivity contribution in [3.63, 3.8) is 0 Å². The zero-order chi connectivity index (χ0) is 19.3. The molecule has 1 aliphatic heterocycles. The van der Waals surface area contributed by atoms with E-state index in [4.69, 9.17) is 4.98 Å². The lowest BCUT2D eigenvalue weighted by Gasteiger charge is -2.36. The molecule has 1 aromatic heterocycles. The molecule has 0 saturated heterocycles. The second kappa shape index (κ2) is 5.94. The number of halogens is 1. The standard InChI is InChI=1S/C21H21FN4O/c1-21(2)18-17(13-9-11-14(22)12-10-13)23-19(20(27)25(3)4)26(18)16-8-6-5-7-15(16)24-21/h5-12,24H,1-4H3. The number of carbonyl (C=O) groups excluding carboxylic acids is 1. The molecule has 5 nitrogen and oxygen atoms in total. The number of hydrogen-bond acceptors (Lipinski definition) is 3. The van der Waals surface area contributed by atoms with Gasteiger partial charge in [-0.2, -0.15) is 0 Å². The number of rotatable bonds is 2. The van der Waals surface area contributed by atoms with Crippen molar-refractivity contribution in [3.05, 3.63) is 65.9 Å². The van der Waals surface area contributed by atoms with Crippen LogP contribution in [0.15, 0.2) is 48.5 Å². The first kappa shape index (κ1) is 17.3. The van der Waals surface area contributed by atoms with Gasteiger partial charge in [-0.25, -0.2) is 9.37 Å². The molecule has 0 unspecified atom stereocenters. The summed E-state index contributed by atoms with van der Waals surface area (Å²) in [7, 11) is 3.42.